The molecular formula is C13H28N2O. The molecule has 0 aromatic rings. The van der Waals surface area contributed by atoms with Crippen molar-refractivity contribution in [1.29, 1.82) is 0 Å². The van der Waals surface area contributed by atoms with Crippen LogP contribution >= 0.6 is 0 Å². The molecule has 0 spiro atoms. The topological polar surface area (TPSA) is 38.5 Å². The highest BCUT2D eigenvalue weighted by molar-refractivity contribution is 4.70. The van der Waals surface area contributed by atoms with Gasteiger partial charge in [-0.05, 0) is 51.2 Å². The quantitative estimate of drug-likeness (QED) is 0.689. The molecule has 16 heavy (non-hydrogen) atoms. The molecule has 2 N–H and O–H groups in total. The molecule has 3 heteroatoms. The summed E-state index contributed by atoms with van der Waals surface area (Å²) in [6.07, 6.45) is 5.49. The molecule has 1 aliphatic heterocycles. The Morgan fingerprint density at radius 2 is 2.31 bits per heavy atom. The van der Waals surface area contributed by atoms with E-state index in [1.165, 1.54) is 32.2 Å². The average Bonchev–Trinajstić information content (AvgIpc) is 2.80. The third-order valence-electron chi connectivity index (χ3n) is 3.51. The first kappa shape index (κ1) is 13.9. The van der Waals surface area contributed by atoms with Crippen molar-refractivity contribution in [1.82, 2.24) is 4.90 Å². The van der Waals surface area contributed by atoms with Gasteiger partial charge >= 0.3 is 0 Å². The maximum atomic E-state index is 5.67. The minimum absolute atomic E-state index is 0.492. The molecular weight excluding hydrogens is 200 g/mol. The first-order chi connectivity index (χ1) is 7.76. The van der Waals surface area contributed by atoms with Gasteiger partial charge in [-0.1, -0.05) is 13.8 Å². The number of nitrogens with two attached hydrogens (primary N) is 1. The lowest BCUT2D eigenvalue weighted by molar-refractivity contribution is 0.0740. The first-order valence-corrected chi connectivity index (χ1v) is 6.80. The molecule has 0 saturated carbocycles. The Kier molecular flexibility index (Phi) is 7.01. The van der Waals surface area contributed by atoms with Crippen molar-refractivity contribution in [3.63, 3.8) is 0 Å². The fraction of sp³-hybridized carbons (Fsp3) is 1.00. The second kappa shape index (κ2) is 8.04. The molecule has 3 nitrogen and oxygen atoms in total. The van der Waals surface area contributed by atoms with Crippen molar-refractivity contribution in [2.75, 3.05) is 32.8 Å². The summed E-state index contributed by atoms with van der Waals surface area (Å²) in [4.78, 5) is 2.51. The van der Waals surface area contributed by atoms with Gasteiger partial charge in [0, 0.05) is 13.2 Å². The normalized spacial score (nSPS) is 22.9. The van der Waals surface area contributed by atoms with E-state index in [2.05, 4.69) is 18.7 Å². The molecule has 1 saturated heterocycles. The minimum Gasteiger partial charge on any atom is -0.377 e. The van der Waals surface area contributed by atoms with Gasteiger partial charge in [-0.3, -0.25) is 0 Å². The number of rotatable bonds is 8. The molecule has 1 heterocycles. The molecule has 0 aliphatic carbocycles. The maximum Gasteiger partial charge on any atom is 0.0702 e. The van der Waals surface area contributed by atoms with Gasteiger partial charge in [0.05, 0.1) is 6.10 Å². The molecule has 0 aromatic carbocycles. The predicted octanol–water partition coefficient (Wildman–Crippen LogP) is 1.86. The van der Waals surface area contributed by atoms with E-state index < -0.39 is 0 Å². The number of hydrogen-bond acceptors (Lipinski definition) is 3. The van der Waals surface area contributed by atoms with E-state index in [0.29, 0.717) is 12.0 Å². The Bertz CT molecular complexity index is 169. The van der Waals surface area contributed by atoms with Crippen molar-refractivity contribution in [3.8, 4) is 0 Å². The van der Waals surface area contributed by atoms with Crippen LogP contribution in [-0.4, -0.2) is 43.8 Å². The largest absolute Gasteiger partial charge is 0.377 e. The van der Waals surface area contributed by atoms with Crippen LogP contribution < -0.4 is 5.73 Å². The van der Waals surface area contributed by atoms with Crippen molar-refractivity contribution in [2.45, 2.75) is 45.6 Å². The molecule has 0 bridgehead atoms. The van der Waals surface area contributed by atoms with E-state index in [1.807, 2.05) is 0 Å². The number of hydrogen-bond donors (Lipinski definition) is 1. The van der Waals surface area contributed by atoms with E-state index >= 15 is 0 Å². The third kappa shape index (κ3) is 5.28. The van der Waals surface area contributed by atoms with Crippen molar-refractivity contribution in [2.24, 2.45) is 11.7 Å². The number of likely N-dealkylation sites (N-methyl/N-ethyl adjacent to an activating group) is 1. The van der Waals surface area contributed by atoms with Crippen LogP contribution in [0.2, 0.25) is 0 Å². The highest BCUT2D eigenvalue weighted by atomic mass is 16.5. The lowest BCUT2D eigenvalue weighted by Gasteiger charge is -2.24. The standard InChI is InChI=1S/C13H28N2O/c1-3-15(8-4-6-12(2)10-14)11-13-7-5-9-16-13/h12-13H,3-11,14H2,1-2H3. The monoisotopic (exact) mass is 228 g/mol. The van der Waals surface area contributed by atoms with Gasteiger partial charge in [0.1, 0.15) is 0 Å². The lowest BCUT2D eigenvalue weighted by Crippen LogP contribution is -2.33. The average molecular weight is 228 g/mol. The second-order valence-electron chi connectivity index (χ2n) is 5.01. The molecule has 0 amide bonds. The number of nitrogens with zero attached hydrogens (tertiary/aromatic N) is 1. The molecule has 0 aromatic heterocycles. The fourth-order valence-electron chi connectivity index (χ4n) is 2.24. The molecule has 2 unspecified atom stereocenters. The van der Waals surface area contributed by atoms with E-state index in [1.54, 1.807) is 0 Å². The van der Waals surface area contributed by atoms with Crippen LogP contribution in [0.5, 0.6) is 0 Å². The maximum absolute atomic E-state index is 5.67. The highest BCUT2D eigenvalue weighted by Gasteiger charge is 2.18. The van der Waals surface area contributed by atoms with Crippen LogP contribution in [0.3, 0.4) is 0 Å². The Morgan fingerprint density at radius 3 is 2.88 bits per heavy atom. The van der Waals surface area contributed by atoms with Gasteiger partial charge in [-0.2, -0.15) is 0 Å². The minimum atomic E-state index is 0.492. The van der Waals surface area contributed by atoms with Gasteiger partial charge in [0.2, 0.25) is 0 Å². The molecule has 1 aliphatic rings. The zero-order valence-corrected chi connectivity index (χ0v) is 11.0. The highest BCUT2D eigenvalue weighted by Crippen LogP contribution is 2.14. The van der Waals surface area contributed by atoms with E-state index in [4.69, 9.17) is 10.5 Å². The summed E-state index contributed by atoms with van der Waals surface area (Å²) >= 11 is 0. The van der Waals surface area contributed by atoms with Crippen LogP contribution in [0.4, 0.5) is 0 Å². The number of ether oxygens (including phenoxy) is 1. The van der Waals surface area contributed by atoms with Crippen LogP contribution in [0.15, 0.2) is 0 Å². The molecule has 1 rings (SSSR count). The van der Waals surface area contributed by atoms with E-state index in [9.17, 15) is 0 Å². The Labute approximate surface area is 100 Å². The van der Waals surface area contributed by atoms with E-state index in [-0.39, 0.29) is 0 Å². The Hall–Kier alpha value is -0.120. The molecule has 2 atom stereocenters. The van der Waals surface area contributed by atoms with Gasteiger partial charge in [-0.15, -0.1) is 0 Å². The van der Waals surface area contributed by atoms with Crippen molar-refractivity contribution in [3.05, 3.63) is 0 Å². The van der Waals surface area contributed by atoms with Gasteiger partial charge in [0.15, 0.2) is 0 Å². The van der Waals surface area contributed by atoms with Crippen LogP contribution in [0, 0.1) is 5.92 Å². The zero-order chi connectivity index (χ0) is 11.8. The van der Waals surface area contributed by atoms with Crippen LogP contribution in [-0.2, 0) is 4.74 Å². The predicted molar refractivity (Wildman–Crippen MR) is 68.5 cm³/mol. The summed E-state index contributed by atoms with van der Waals surface area (Å²) < 4.78 is 5.67. The van der Waals surface area contributed by atoms with Gasteiger partial charge in [-0.25, -0.2) is 0 Å². The summed E-state index contributed by atoms with van der Waals surface area (Å²) in [7, 11) is 0. The summed E-state index contributed by atoms with van der Waals surface area (Å²) in [6.45, 7) is 9.70. The van der Waals surface area contributed by atoms with Gasteiger partial charge in [0.25, 0.3) is 0 Å². The fourth-order valence-corrected chi connectivity index (χ4v) is 2.24. The summed E-state index contributed by atoms with van der Waals surface area (Å²) in [5.41, 5.74) is 5.62. The van der Waals surface area contributed by atoms with Crippen molar-refractivity contribution >= 4 is 0 Å². The van der Waals surface area contributed by atoms with Gasteiger partial charge < -0.3 is 15.4 Å². The smallest absolute Gasteiger partial charge is 0.0702 e. The third-order valence-corrected chi connectivity index (χ3v) is 3.51. The molecule has 0 radical (unpaired) electrons. The SMILES string of the molecule is CCN(CCCC(C)CN)CC1CCCO1. The summed E-state index contributed by atoms with van der Waals surface area (Å²) in [6, 6.07) is 0. The Morgan fingerprint density at radius 1 is 1.50 bits per heavy atom. The summed E-state index contributed by atoms with van der Waals surface area (Å²) in [5.74, 6) is 0.668. The second-order valence-corrected chi connectivity index (χ2v) is 5.01. The van der Waals surface area contributed by atoms with Crippen molar-refractivity contribution < 1.29 is 4.74 Å². The lowest BCUT2D eigenvalue weighted by atomic mass is 10.1. The first-order valence-electron chi connectivity index (χ1n) is 6.80. The Balaban J connectivity index is 2.10. The summed E-state index contributed by atoms with van der Waals surface area (Å²) in [5, 5.41) is 0. The molecule has 1 fully saturated rings. The van der Waals surface area contributed by atoms with Crippen LogP contribution in [0.1, 0.15) is 39.5 Å². The molecule has 96 valence electrons. The zero-order valence-electron chi connectivity index (χ0n) is 11.0. The van der Waals surface area contributed by atoms with E-state index in [0.717, 1.165) is 26.2 Å². The van der Waals surface area contributed by atoms with Crippen LogP contribution in [0.25, 0.3) is 0 Å².